The van der Waals surface area contributed by atoms with Crippen molar-refractivity contribution in [2.75, 3.05) is 6.61 Å². The number of rotatable bonds is 8. The summed E-state index contributed by atoms with van der Waals surface area (Å²) in [5.74, 6) is -0.564. The first-order valence-corrected chi connectivity index (χ1v) is 8.76. The summed E-state index contributed by atoms with van der Waals surface area (Å²) < 4.78 is 10.3. The number of nitro benzene ring substituents is 1. The van der Waals surface area contributed by atoms with Crippen LogP contribution in [0.15, 0.2) is 36.4 Å². The fraction of sp³-hybridized carbons (Fsp3) is 0.278. The number of halogens is 2. The maximum Gasteiger partial charge on any atom is 0.311 e. The van der Waals surface area contributed by atoms with Crippen LogP contribution in [0.4, 0.5) is 5.69 Å². The number of benzene rings is 2. The minimum absolute atomic E-state index is 0.0261. The smallest absolute Gasteiger partial charge is 0.311 e. The van der Waals surface area contributed by atoms with Gasteiger partial charge in [-0.3, -0.25) is 14.9 Å². The molecule has 0 aliphatic rings. The van der Waals surface area contributed by atoms with Crippen LogP contribution in [0.2, 0.25) is 10.0 Å². The average Bonchev–Trinajstić information content (AvgIpc) is 2.62. The van der Waals surface area contributed by atoms with Gasteiger partial charge in [0, 0.05) is 6.07 Å². The number of aliphatic hydroxyl groups excluding tert-OH is 1. The fourth-order valence-corrected chi connectivity index (χ4v) is 2.61. The van der Waals surface area contributed by atoms with Gasteiger partial charge in [-0.2, -0.15) is 0 Å². The van der Waals surface area contributed by atoms with E-state index in [1.165, 1.54) is 18.2 Å². The number of nitro groups is 1. The Hall–Kier alpha value is -2.35. The van der Waals surface area contributed by atoms with Gasteiger partial charge in [-0.1, -0.05) is 35.3 Å². The van der Waals surface area contributed by atoms with Gasteiger partial charge in [0.15, 0.2) is 5.75 Å². The second-order valence-corrected chi connectivity index (χ2v) is 6.36. The number of aliphatic hydroxyl groups is 1. The highest BCUT2D eigenvalue weighted by Crippen LogP contribution is 2.32. The Morgan fingerprint density at radius 2 is 1.96 bits per heavy atom. The van der Waals surface area contributed by atoms with E-state index < -0.39 is 17.0 Å². The molecule has 0 aromatic heterocycles. The zero-order valence-electron chi connectivity index (χ0n) is 14.4. The van der Waals surface area contributed by atoms with Crippen LogP contribution in [0.25, 0.3) is 0 Å². The number of nitrogens with zero attached hydrogens (tertiary/aromatic N) is 1. The molecule has 2 aromatic rings. The molecule has 0 aliphatic heterocycles. The molecule has 1 atom stereocenters. The summed E-state index contributed by atoms with van der Waals surface area (Å²) in [5.41, 5.74) is 0.581. The van der Waals surface area contributed by atoms with Crippen LogP contribution < -0.4 is 4.74 Å². The highest BCUT2D eigenvalue weighted by atomic mass is 35.5. The Kier molecular flexibility index (Phi) is 7.41. The van der Waals surface area contributed by atoms with Crippen LogP contribution in [0.5, 0.6) is 5.75 Å². The third-order valence-electron chi connectivity index (χ3n) is 3.61. The molecular formula is C18H17Cl2NO6. The zero-order valence-corrected chi connectivity index (χ0v) is 15.9. The van der Waals surface area contributed by atoms with Crippen LogP contribution >= 0.6 is 23.2 Å². The highest BCUT2D eigenvalue weighted by molar-refractivity contribution is 6.42. The Morgan fingerprint density at radius 1 is 1.22 bits per heavy atom. The number of esters is 1. The van der Waals surface area contributed by atoms with E-state index in [2.05, 4.69) is 0 Å². The Morgan fingerprint density at radius 3 is 2.59 bits per heavy atom. The van der Waals surface area contributed by atoms with E-state index in [1.54, 1.807) is 25.1 Å². The largest absolute Gasteiger partial charge is 0.482 e. The number of carbonyl (C=O) groups excluding carboxylic acids is 1. The van der Waals surface area contributed by atoms with Crippen molar-refractivity contribution in [1.82, 2.24) is 0 Å². The first-order chi connectivity index (χ1) is 12.8. The third-order valence-corrected chi connectivity index (χ3v) is 4.35. The molecule has 0 spiro atoms. The molecule has 0 amide bonds. The molecule has 0 saturated heterocycles. The molecule has 0 radical (unpaired) electrons. The SMILES string of the molecule is CCOC(=O)CC(O)c1ccc(OCc2ccc(Cl)c(Cl)c2)c([N+](=O)[O-])c1. The van der Waals surface area contributed by atoms with Crippen molar-refractivity contribution >= 4 is 34.9 Å². The van der Waals surface area contributed by atoms with Gasteiger partial charge in [0.2, 0.25) is 0 Å². The third kappa shape index (κ3) is 5.82. The van der Waals surface area contributed by atoms with Crippen LogP contribution in [-0.2, 0) is 16.1 Å². The molecule has 2 aromatic carbocycles. The maximum absolute atomic E-state index is 11.5. The lowest BCUT2D eigenvalue weighted by molar-refractivity contribution is -0.386. The van der Waals surface area contributed by atoms with E-state index in [4.69, 9.17) is 32.7 Å². The van der Waals surface area contributed by atoms with Gasteiger partial charge in [0.05, 0.1) is 34.1 Å². The molecule has 1 N–H and O–H groups in total. The number of hydrogen-bond acceptors (Lipinski definition) is 6. The molecule has 0 fully saturated rings. The van der Waals surface area contributed by atoms with Crippen molar-refractivity contribution < 1.29 is 24.3 Å². The van der Waals surface area contributed by atoms with E-state index in [0.29, 0.717) is 15.6 Å². The standard InChI is InChI=1S/C18H17Cl2NO6/c1-2-26-18(23)9-16(22)12-4-6-17(15(8-12)21(24)25)27-10-11-3-5-13(19)14(20)7-11/h3-8,16,22H,2,9-10H2,1H3. The monoisotopic (exact) mass is 413 g/mol. The molecule has 2 rings (SSSR count). The minimum atomic E-state index is -1.22. The molecule has 0 heterocycles. The zero-order chi connectivity index (χ0) is 20.0. The number of ether oxygens (including phenoxy) is 2. The molecule has 7 nitrogen and oxygen atoms in total. The maximum atomic E-state index is 11.5. The summed E-state index contributed by atoms with van der Waals surface area (Å²) in [6.07, 6.45) is -1.51. The molecule has 0 bridgehead atoms. The normalized spacial score (nSPS) is 11.7. The molecule has 0 saturated carbocycles. The van der Waals surface area contributed by atoms with E-state index >= 15 is 0 Å². The van der Waals surface area contributed by atoms with Gasteiger partial charge < -0.3 is 14.6 Å². The van der Waals surface area contributed by atoms with Crippen molar-refractivity contribution in [1.29, 1.82) is 0 Å². The van der Waals surface area contributed by atoms with Gasteiger partial charge in [0.1, 0.15) is 6.61 Å². The average molecular weight is 414 g/mol. The molecule has 9 heteroatoms. The van der Waals surface area contributed by atoms with Gasteiger partial charge in [0.25, 0.3) is 0 Å². The summed E-state index contributed by atoms with van der Waals surface area (Å²) in [7, 11) is 0. The topological polar surface area (TPSA) is 98.9 Å². The molecule has 144 valence electrons. The Bertz CT molecular complexity index is 843. The number of carbonyl (C=O) groups is 1. The molecule has 1 unspecified atom stereocenters. The van der Waals surface area contributed by atoms with Crippen LogP contribution in [0.3, 0.4) is 0 Å². The predicted molar refractivity (Wildman–Crippen MR) is 100 cm³/mol. The lowest BCUT2D eigenvalue weighted by atomic mass is 10.1. The first kappa shape index (κ1) is 21.0. The lowest BCUT2D eigenvalue weighted by Crippen LogP contribution is -2.10. The highest BCUT2D eigenvalue weighted by Gasteiger charge is 2.21. The molecule has 27 heavy (non-hydrogen) atoms. The van der Waals surface area contributed by atoms with Crippen molar-refractivity contribution in [3.8, 4) is 5.75 Å². The van der Waals surface area contributed by atoms with Crippen molar-refractivity contribution in [2.24, 2.45) is 0 Å². The minimum Gasteiger partial charge on any atom is -0.482 e. The second-order valence-electron chi connectivity index (χ2n) is 5.55. The Labute approximate surface area is 165 Å². The van der Waals surface area contributed by atoms with Crippen LogP contribution in [-0.4, -0.2) is 22.6 Å². The van der Waals surface area contributed by atoms with Crippen molar-refractivity contribution in [3.63, 3.8) is 0 Å². The fourth-order valence-electron chi connectivity index (χ4n) is 2.29. The second kappa shape index (κ2) is 9.55. The predicted octanol–water partition coefficient (Wildman–Crippen LogP) is 4.47. The van der Waals surface area contributed by atoms with Gasteiger partial charge in [-0.25, -0.2) is 0 Å². The summed E-state index contributed by atoms with van der Waals surface area (Å²) in [4.78, 5) is 22.2. The van der Waals surface area contributed by atoms with Gasteiger partial charge in [-0.15, -0.1) is 0 Å². The summed E-state index contributed by atoms with van der Waals surface area (Å²) >= 11 is 11.8. The summed E-state index contributed by atoms with van der Waals surface area (Å²) in [5, 5.41) is 22.2. The van der Waals surface area contributed by atoms with E-state index in [0.717, 1.165) is 0 Å². The van der Waals surface area contributed by atoms with Crippen LogP contribution in [0.1, 0.15) is 30.6 Å². The molecular weight excluding hydrogens is 397 g/mol. The Balaban J connectivity index is 2.16. The van der Waals surface area contributed by atoms with Crippen molar-refractivity contribution in [2.45, 2.75) is 26.1 Å². The lowest BCUT2D eigenvalue weighted by Gasteiger charge is -2.12. The van der Waals surface area contributed by atoms with Crippen molar-refractivity contribution in [3.05, 3.63) is 67.7 Å². The number of hydrogen-bond donors (Lipinski definition) is 1. The summed E-state index contributed by atoms with van der Waals surface area (Å²) in [6, 6.07) is 8.91. The molecule has 0 aliphatic carbocycles. The van der Waals surface area contributed by atoms with Gasteiger partial charge in [-0.05, 0) is 36.2 Å². The van der Waals surface area contributed by atoms with E-state index in [9.17, 15) is 20.0 Å². The quantitative estimate of drug-likeness (QED) is 0.389. The van der Waals surface area contributed by atoms with E-state index in [-0.39, 0.29) is 36.6 Å². The van der Waals surface area contributed by atoms with Crippen LogP contribution in [0, 0.1) is 10.1 Å². The van der Waals surface area contributed by atoms with E-state index in [1.807, 2.05) is 0 Å². The summed E-state index contributed by atoms with van der Waals surface area (Å²) in [6.45, 7) is 1.88. The first-order valence-electron chi connectivity index (χ1n) is 8.00. The van der Waals surface area contributed by atoms with Gasteiger partial charge >= 0.3 is 11.7 Å².